The van der Waals surface area contributed by atoms with Crippen molar-refractivity contribution in [3.05, 3.63) is 10.6 Å². The molecule has 0 radical (unpaired) electrons. The van der Waals surface area contributed by atoms with Crippen LogP contribution in [0.4, 0.5) is 0 Å². The zero-order chi connectivity index (χ0) is 14.9. The van der Waals surface area contributed by atoms with E-state index in [4.69, 9.17) is 0 Å². The number of likely N-dealkylation sites (tertiary alicyclic amines) is 1. The first-order valence-electron chi connectivity index (χ1n) is 6.64. The van der Waals surface area contributed by atoms with E-state index in [1.807, 2.05) is 4.90 Å². The minimum absolute atomic E-state index is 0.0622. The quantitative estimate of drug-likeness (QED) is 0.910. The molecule has 0 spiro atoms. The van der Waals surface area contributed by atoms with Gasteiger partial charge in [-0.2, -0.15) is 0 Å². The molecule has 6 nitrogen and oxygen atoms in total. The van der Waals surface area contributed by atoms with Gasteiger partial charge in [-0.15, -0.1) is 5.10 Å². The standard InChI is InChI=1S/C13H20N4O2S/c1-8-11(20-16-15-8)12(19)14-9-5-10(18)17(6-9)7-13(2,3)4/h9H,5-7H2,1-4H3,(H,14,19)/t9-/m0/s1. The number of aromatic nitrogens is 2. The fraction of sp³-hybridized carbons (Fsp3) is 0.692. The van der Waals surface area contributed by atoms with E-state index < -0.39 is 0 Å². The van der Waals surface area contributed by atoms with E-state index in [2.05, 4.69) is 35.7 Å². The zero-order valence-corrected chi connectivity index (χ0v) is 13.1. The number of carbonyl (C=O) groups is 2. The summed E-state index contributed by atoms with van der Waals surface area (Å²) in [5, 5.41) is 6.72. The first kappa shape index (κ1) is 14.9. The van der Waals surface area contributed by atoms with Crippen LogP contribution in [0.5, 0.6) is 0 Å². The number of hydrogen-bond donors (Lipinski definition) is 1. The lowest BCUT2D eigenvalue weighted by molar-refractivity contribution is -0.128. The molecule has 1 aliphatic heterocycles. The van der Waals surface area contributed by atoms with Gasteiger partial charge in [-0.25, -0.2) is 0 Å². The monoisotopic (exact) mass is 296 g/mol. The van der Waals surface area contributed by atoms with Crippen molar-refractivity contribution in [3.63, 3.8) is 0 Å². The Kier molecular flexibility index (Phi) is 4.08. The molecule has 0 aromatic carbocycles. The highest BCUT2D eigenvalue weighted by Gasteiger charge is 2.33. The first-order valence-corrected chi connectivity index (χ1v) is 7.41. The van der Waals surface area contributed by atoms with E-state index >= 15 is 0 Å². The van der Waals surface area contributed by atoms with Gasteiger partial charge >= 0.3 is 0 Å². The van der Waals surface area contributed by atoms with Gasteiger partial charge in [0.2, 0.25) is 5.91 Å². The summed E-state index contributed by atoms with van der Waals surface area (Å²) in [5.41, 5.74) is 0.690. The second kappa shape index (κ2) is 5.47. The van der Waals surface area contributed by atoms with Gasteiger partial charge in [0.15, 0.2) is 0 Å². The molecule has 0 bridgehead atoms. The molecule has 1 atom stereocenters. The zero-order valence-electron chi connectivity index (χ0n) is 12.3. The average molecular weight is 296 g/mol. The molecular weight excluding hydrogens is 276 g/mol. The molecule has 1 aliphatic rings. The maximum Gasteiger partial charge on any atom is 0.265 e. The Morgan fingerprint density at radius 1 is 1.50 bits per heavy atom. The van der Waals surface area contributed by atoms with Crippen molar-refractivity contribution in [1.82, 2.24) is 19.8 Å². The first-order chi connectivity index (χ1) is 9.26. The third kappa shape index (κ3) is 3.53. The summed E-state index contributed by atoms with van der Waals surface area (Å²) >= 11 is 1.08. The summed E-state index contributed by atoms with van der Waals surface area (Å²) < 4.78 is 3.75. The Labute approximate surface area is 122 Å². The van der Waals surface area contributed by atoms with Crippen LogP contribution in [0.3, 0.4) is 0 Å². The predicted molar refractivity (Wildman–Crippen MR) is 76.6 cm³/mol. The van der Waals surface area contributed by atoms with Gasteiger partial charge in [0.25, 0.3) is 5.91 Å². The van der Waals surface area contributed by atoms with E-state index in [1.54, 1.807) is 6.92 Å². The molecule has 0 saturated carbocycles. The molecule has 2 rings (SSSR count). The van der Waals surface area contributed by atoms with E-state index in [9.17, 15) is 9.59 Å². The number of carbonyl (C=O) groups excluding carboxylic acids is 2. The van der Waals surface area contributed by atoms with E-state index in [0.29, 0.717) is 30.1 Å². The Bertz CT molecular complexity index is 521. The van der Waals surface area contributed by atoms with E-state index in [0.717, 1.165) is 11.5 Å². The van der Waals surface area contributed by atoms with Crippen LogP contribution in [-0.4, -0.2) is 45.4 Å². The molecule has 7 heteroatoms. The third-order valence-corrected chi connectivity index (χ3v) is 3.90. The Balaban J connectivity index is 1.94. The molecule has 0 aliphatic carbocycles. The highest BCUT2D eigenvalue weighted by Crippen LogP contribution is 2.20. The number of nitrogens with one attached hydrogen (secondary N) is 1. The third-order valence-electron chi connectivity index (χ3n) is 3.07. The van der Waals surface area contributed by atoms with Crippen LogP contribution < -0.4 is 5.32 Å². The van der Waals surface area contributed by atoms with Crippen molar-refractivity contribution >= 4 is 23.3 Å². The van der Waals surface area contributed by atoms with Crippen molar-refractivity contribution in [2.75, 3.05) is 13.1 Å². The summed E-state index contributed by atoms with van der Waals surface area (Å²) in [6, 6.07) is -0.126. The second-order valence-corrected chi connectivity index (χ2v) is 7.15. The lowest BCUT2D eigenvalue weighted by Crippen LogP contribution is -2.39. The summed E-state index contributed by atoms with van der Waals surface area (Å²) in [6.07, 6.45) is 0.368. The van der Waals surface area contributed by atoms with Crippen molar-refractivity contribution in [1.29, 1.82) is 0 Å². The number of amides is 2. The summed E-state index contributed by atoms with van der Waals surface area (Å²) in [6.45, 7) is 9.33. The van der Waals surface area contributed by atoms with Gasteiger partial charge in [-0.1, -0.05) is 25.3 Å². The van der Waals surface area contributed by atoms with Gasteiger partial charge in [0, 0.05) is 19.5 Å². The molecule has 1 N–H and O–H groups in total. The molecular formula is C13H20N4O2S. The molecule has 1 aromatic heterocycles. The van der Waals surface area contributed by atoms with Crippen LogP contribution in [0.2, 0.25) is 0 Å². The predicted octanol–water partition coefficient (Wildman–Crippen LogP) is 1.22. The van der Waals surface area contributed by atoms with Crippen molar-refractivity contribution in [2.45, 2.75) is 40.2 Å². The van der Waals surface area contributed by atoms with Gasteiger partial charge in [-0.3, -0.25) is 9.59 Å². The van der Waals surface area contributed by atoms with E-state index in [-0.39, 0.29) is 23.3 Å². The number of hydrogen-bond acceptors (Lipinski definition) is 5. The number of rotatable bonds is 3. The largest absolute Gasteiger partial charge is 0.346 e. The van der Waals surface area contributed by atoms with Crippen LogP contribution in [-0.2, 0) is 4.79 Å². The van der Waals surface area contributed by atoms with Crippen LogP contribution in [0, 0.1) is 12.3 Å². The van der Waals surface area contributed by atoms with Gasteiger partial charge in [0.1, 0.15) is 4.88 Å². The minimum atomic E-state index is -0.187. The van der Waals surface area contributed by atoms with Gasteiger partial charge in [0.05, 0.1) is 11.7 Å². The van der Waals surface area contributed by atoms with Crippen molar-refractivity contribution in [2.24, 2.45) is 5.41 Å². The molecule has 1 saturated heterocycles. The lowest BCUT2D eigenvalue weighted by Gasteiger charge is -2.26. The van der Waals surface area contributed by atoms with Crippen molar-refractivity contribution < 1.29 is 9.59 Å². The summed E-state index contributed by atoms with van der Waals surface area (Å²) in [4.78, 5) is 26.4. The number of nitrogens with zero attached hydrogens (tertiary/aromatic N) is 3. The highest BCUT2D eigenvalue weighted by molar-refractivity contribution is 7.08. The molecule has 110 valence electrons. The maximum absolute atomic E-state index is 12.1. The number of aryl methyl sites for hydroxylation is 1. The molecule has 1 aromatic rings. The fourth-order valence-electron chi connectivity index (χ4n) is 2.28. The summed E-state index contributed by atoms with van der Waals surface area (Å²) in [5.74, 6) is -0.0858. The molecule has 20 heavy (non-hydrogen) atoms. The van der Waals surface area contributed by atoms with Crippen molar-refractivity contribution in [3.8, 4) is 0 Å². The molecule has 2 heterocycles. The minimum Gasteiger partial charge on any atom is -0.346 e. The topological polar surface area (TPSA) is 75.2 Å². The molecule has 0 unspecified atom stereocenters. The van der Waals surface area contributed by atoms with Crippen LogP contribution in [0.15, 0.2) is 0 Å². The van der Waals surface area contributed by atoms with E-state index in [1.165, 1.54) is 0 Å². The molecule has 2 amide bonds. The maximum atomic E-state index is 12.1. The SMILES string of the molecule is Cc1nnsc1C(=O)N[C@H]1CC(=O)N(CC(C)(C)C)C1. The molecule has 1 fully saturated rings. The Morgan fingerprint density at radius 3 is 2.75 bits per heavy atom. The summed E-state index contributed by atoms with van der Waals surface area (Å²) in [7, 11) is 0. The van der Waals surface area contributed by atoms with Crippen LogP contribution >= 0.6 is 11.5 Å². The smallest absolute Gasteiger partial charge is 0.265 e. The second-order valence-electron chi connectivity index (χ2n) is 6.40. The fourth-order valence-corrected chi connectivity index (χ4v) is 2.84. The van der Waals surface area contributed by atoms with Crippen LogP contribution in [0.1, 0.15) is 42.6 Å². The lowest BCUT2D eigenvalue weighted by atomic mass is 9.96. The van der Waals surface area contributed by atoms with Gasteiger partial charge in [-0.05, 0) is 23.9 Å². The average Bonchev–Trinajstić information content (AvgIpc) is 2.84. The normalized spacial score (nSPS) is 19.5. The van der Waals surface area contributed by atoms with Crippen LogP contribution in [0.25, 0.3) is 0 Å². The van der Waals surface area contributed by atoms with Gasteiger partial charge < -0.3 is 10.2 Å². The Hall–Kier alpha value is -1.50. The highest BCUT2D eigenvalue weighted by atomic mass is 32.1. The Morgan fingerprint density at radius 2 is 2.20 bits per heavy atom.